The second kappa shape index (κ2) is 5.50. The van der Waals surface area contributed by atoms with Gasteiger partial charge in [-0.2, -0.15) is 0 Å². The first-order valence-corrected chi connectivity index (χ1v) is 7.56. The van der Waals surface area contributed by atoms with Gasteiger partial charge >= 0.3 is 0 Å². The molecule has 0 saturated carbocycles. The number of benzene rings is 2. The van der Waals surface area contributed by atoms with E-state index in [0.29, 0.717) is 5.52 Å². The van der Waals surface area contributed by atoms with E-state index in [9.17, 15) is 4.39 Å². The third-order valence-corrected chi connectivity index (χ3v) is 4.32. The second-order valence-electron chi connectivity index (χ2n) is 5.64. The maximum atomic E-state index is 13.9. The number of fused-ring (bicyclic) bond motifs is 2. The van der Waals surface area contributed by atoms with E-state index < -0.39 is 5.82 Å². The Balaban J connectivity index is 1.80. The van der Waals surface area contributed by atoms with Crippen LogP contribution in [0.3, 0.4) is 0 Å². The summed E-state index contributed by atoms with van der Waals surface area (Å²) in [6, 6.07) is 11.5. The van der Waals surface area contributed by atoms with Crippen molar-refractivity contribution in [2.75, 3.05) is 18.6 Å². The van der Waals surface area contributed by atoms with E-state index in [-0.39, 0.29) is 5.75 Å². The van der Waals surface area contributed by atoms with Crippen molar-refractivity contribution in [1.29, 1.82) is 0 Å². The van der Waals surface area contributed by atoms with E-state index in [1.807, 2.05) is 0 Å². The van der Waals surface area contributed by atoms with Crippen LogP contribution in [0.1, 0.15) is 11.1 Å². The molecule has 3 aromatic rings. The summed E-state index contributed by atoms with van der Waals surface area (Å²) in [6.07, 6.45) is 2.46. The van der Waals surface area contributed by atoms with E-state index in [0.717, 1.165) is 30.7 Å². The van der Waals surface area contributed by atoms with E-state index >= 15 is 0 Å². The molecule has 23 heavy (non-hydrogen) atoms. The molecule has 0 unspecified atom stereocenters. The van der Waals surface area contributed by atoms with E-state index in [4.69, 9.17) is 4.74 Å². The van der Waals surface area contributed by atoms with Crippen LogP contribution in [-0.4, -0.2) is 23.6 Å². The molecule has 116 valence electrons. The molecule has 4 nitrogen and oxygen atoms in total. The highest BCUT2D eigenvalue weighted by Crippen LogP contribution is 2.31. The Morgan fingerprint density at radius 2 is 1.96 bits per heavy atom. The van der Waals surface area contributed by atoms with Crippen molar-refractivity contribution in [3.63, 3.8) is 0 Å². The Morgan fingerprint density at radius 1 is 1.13 bits per heavy atom. The number of hydrogen-bond donors (Lipinski definition) is 0. The highest BCUT2D eigenvalue weighted by atomic mass is 19.1. The lowest BCUT2D eigenvalue weighted by Crippen LogP contribution is -2.31. The summed E-state index contributed by atoms with van der Waals surface area (Å²) in [5.74, 6) is 0.627. The van der Waals surface area contributed by atoms with Gasteiger partial charge in [-0.1, -0.05) is 24.3 Å². The van der Waals surface area contributed by atoms with Gasteiger partial charge in [0.25, 0.3) is 0 Å². The molecule has 0 N–H and O–H groups in total. The molecule has 0 saturated heterocycles. The minimum Gasteiger partial charge on any atom is -0.494 e. The lowest BCUT2D eigenvalue weighted by molar-refractivity contribution is 0.387. The van der Waals surface area contributed by atoms with Gasteiger partial charge in [0.2, 0.25) is 0 Å². The molecule has 1 aliphatic heterocycles. The Bertz CT molecular complexity index is 881. The Morgan fingerprint density at radius 3 is 2.78 bits per heavy atom. The summed E-state index contributed by atoms with van der Waals surface area (Å²) in [4.78, 5) is 10.8. The number of ether oxygens (including phenoxy) is 1. The first kappa shape index (κ1) is 13.9. The summed E-state index contributed by atoms with van der Waals surface area (Å²) in [5, 5.41) is 0.810. The predicted octanol–water partition coefficient (Wildman–Crippen LogP) is 3.34. The zero-order valence-electron chi connectivity index (χ0n) is 12.8. The zero-order chi connectivity index (χ0) is 15.8. The highest BCUT2D eigenvalue weighted by molar-refractivity contribution is 5.90. The smallest absolute Gasteiger partial charge is 0.167 e. The van der Waals surface area contributed by atoms with E-state index in [2.05, 4.69) is 39.1 Å². The average Bonchev–Trinajstić information content (AvgIpc) is 2.60. The summed E-state index contributed by atoms with van der Waals surface area (Å²) >= 11 is 0. The molecule has 0 aliphatic carbocycles. The quantitative estimate of drug-likeness (QED) is 0.728. The summed E-state index contributed by atoms with van der Waals surface area (Å²) in [7, 11) is 1.46. The highest BCUT2D eigenvalue weighted by Gasteiger charge is 2.20. The van der Waals surface area contributed by atoms with Crippen molar-refractivity contribution in [2.24, 2.45) is 0 Å². The molecule has 5 heteroatoms. The number of rotatable bonds is 2. The number of aromatic nitrogens is 2. The van der Waals surface area contributed by atoms with Crippen LogP contribution in [0.2, 0.25) is 0 Å². The number of methoxy groups -OCH3 is 1. The molecule has 2 aromatic carbocycles. The van der Waals surface area contributed by atoms with Gasteiger partial charge in [-0.25, -0.2) is 14.4 Å². The maximum Gasteiger partial charge on any atom is 0.167 e. The molecular formula is C18H16FN3O. The number of nitrogens with zero attached hydrogens (tertiary/aromatic N) is 3. The lowest BCUT2D eigenvalue weighted by atomic mass is 9.99. The van der Waals surface area contributed by atoms with Crippen molar-refractivity contribution >= 4 is 16.7 Å². The van der Waals surface area contributed by atoms with Crippen LogP contribution in [-0.2, 0) is 13.0 Å². The topological polar surface area (TPSA) is 38.2 Å². The molecule has 1 aromatic heterocycles. The van der Waals surface area contributed by atoms with Gasteiger partial charge in [0, 0.05) is 24.5 Å². The lowest BCUT2D eigenvalue weighted by Gasteiger charge is -2.30. The van der Waals surface area contributed by atoms with Gasteiger partial charge in [0.15, 0.2) is 11.6 Å². The zero-order valence-corrected chi connectivity index (χ0v) is 12.8. The van der Waals surface area contributed by atoms with Crippen LogP contribution >= 0.6 is 0 Å². The third kappa shape index (κ3) is 2.38. The van der Waals surface area contributed by atoms with E-state index in [1.54, 1.807) is 6.07 Å². The van der Waals surface area contributed by atoms with Crippen LogP contribution in [0.5, 0.6) is 5.75 Å². The van der Waals surface area contributed by atoms with Crippen LogP contribution in [0.4, 0.5) is 10.2 Å². The summed E-state index contributed by atoms with van der Waals surface area (Å²) in [5.41, 5.74) is 3.28. The minimum absolute atomic E-state index is 0.214. The van der Waals surface area contributed by atoms with Crippen LogP contribution in [0, 0.1) is 5.82 Å². The normalized spacial score (nSPS) is 13.9. The first-order chi connectivity index (χ1) is 11.3. The van der Waals surface area contributed by atoms with Gasteiger partial charge < -0.3 is 9.64 Å². The summed E-state index contributed by atoms with van der Waals surface area (Å²) in [6.45, 7) is 1.67. The Hall–Kier alpha value is -2.69. The second-order valence-corrected chi connectivity index (χ2v) is 5.64. The monoisotopic (exact) mass is 309 g/mol. The van der Waals surface area contributed by atoms with Gasteiger partial charge in [-0.05, 0) is 23.6 Å². The van der Waals surface area contributed by atoms with Gasteiger partial charge in [-0.15, -0.1) is 0 Å². The molecule has 0 spiro atoms. The summed E-state index contributed by atoms with van der Waals surface area (Å²) < 4.78 is 19.0. The fourth-order valence-electron chi connectivity index (χ4n) is 3.13. The number of anilines is 1. The largest absolute Gasteiger partial charge is 0.494 e. The van der Waals surface area contributed by atoms with E-state index in [1.165, 1.54) is 30.6 Å². The maximum absolute atomic E-state index is 13.9. The van der Waals surface area contributed by atoms with Gasteiger partial charge in [-0.3, -0.25) is 0 Å². The van der Waals surface area contributed by atoms with Crippen molar-refractivity contribution in [2.45, 2.75) is 13.0 Å². The SMILES string of the molecule is COc1cc2c(N3CCc4ccccc4C3)ncnc2cc1F. The molecule has 0 fully saturated rings. The molecule has 0 atom stereocenters. The standard InChI is InChI=1S/C18H16FN3O/c1-23-17-8-14-16(9-15(17)19)20-11-21-18(14)22-7-6-12-4-2-3-5-13(12)10-22/h2-5,8-9,11H,6-7,10H2,1H3. The molecule has 0 radical (unpaired) electrons. The average molecular weight is 309 g/mol. The molecular weight excluding hydrogens is 293 g/mol. The molecule has 4 rings (SSSR count). The van der Waals surface area contributed by atoms with Gasteiger partial charge in [0.05, 0.1) is 12.6 Å². The Labute approximate surface area is 133 Å². The first-order valence-electron chi connectivity index (χ1n) is 7.56. The van der Waals surface area contributed by atoms with Crippen LogP contribution in [0.25, 0.3) is 10.9 Å². The van der Waals surface area contributed by atoms with Crippen molar-refractivity contribution < 1.29 is 9.13 Å². The predicted molar refractivity (Wildman–Crippen MR) is 87.2 cm³/mol. The fourth-order valence-corrected chi connectivity index (χ4v) is 3.13. The molecule has 0 amide bonds. The molecule has 1 aliphatic rings. The van der Waals surface area contributed by atoms with Gasteiger partial charge in [0.1, 0.15) is 12.1 Å². The number of hydrogen-bond acceptors (Lipinski definition) is 4. The van der Waals surface area contributed by atoms with Crippen molar-refractivity contribution in [3.8, 4) is 5.75 Å². The Kier molecular flexibility index (Phi) is 3.33. The fraction of sp³-hybridized carbons (Fsp3) is 0.222. The van der Waals surface area contributed by atoms with Crippen LogP contribution in [0.15, 0.2) is 42.7 Å². The molecule has 0 bridgehead atoms. The number of halogens is 1. The van der Waals surface area contributed by atoms with Crippen molar-refractivity contribution in [1.82, 2.24) is 9.97 Å². The molecule has 2 heterocycles. The minimum atomic E-state index is -0.409. The third-order valence-electron chi connectivity index (χ3n) is 4.32. The van der Waals surface area contributed by atoms with Crippen molar-refractivity contribution in [3.05, 3.63) is 59.7 Å². The van der Waals surface area contributed by atoms with Crippen LogP contribution < -0.4 is 9.64 Å².